The molecule has 2 aromatic rings. The predicted octanol–water partition coefficient (Wildman–Crippen LogP) is 3.03. The summed E-state index contributed by atoms with van der Waals surface area (Å²) < 4.78 is 16.2. The Labute approximate surface area is 175 Å². The molecule has 156 valence electrons. The van der Waals surface area contributed by atoms with E-state index in [4.69, 9.17) is 19.2 Å². The maximum Gasteiger partial charge on any atom is 0.240 e. The number of aromatic nitrogens is 1. The van der Waals surface area contributed by atoms with Gasteiger partial charge in [0.1, 0.15) is 0 Å². The number of amides is 1. The van der Waals surface area contributed by atoms with E-state index in [0.717, 1.165) is 47.1 Å². The Balaban J connectivity index is 1.49. The number of carbonyl (C=O) groups excluding carboxylic acids is 1. The molecule has 0 bridgehead atoms. The number of ether oxygens (including phenoxy) is 3. The minimum atomic E-state index is -0.116. The van der Waals surface area contributed by atoms with E-state index in [1.165, 1.54) is 0 Å². The number of carbonyl (C=O) groups is 1. The zero-order valence-electron chi connectivity index (χ0n) is 17.1. The van der Waals surface area contributed by atoms with Crippen molar-refractivity contribution in [2.24, 2.45) is 0 Å². The highest BCUT2D eigenvalue weighted by atomic mass is 32.1. The average molecular weight is 418 g/mol. The molecule has 0 unspecified atom stereocenters. The van der Waals surface area contributed by atoms with Gasteiger partial charge in [-0.25, -0.2) is 4.98 Å². The molecular formula is C21H27N3O4S. The van der Waals surface area contributed by atoms with E-state index < -0.39 is 0 Å². The highest BCUT2D eigenvalue weighted by molar-refractivity contribution is 7.15. The minimum absolute atomic E-state index is 0.0317. The summed E-state index contributed by atoms with van der Waals surface area (Å²) in [6, 6.07) is 6.02. The van der Waals surface area contributed by atoms with E-state index in [0.29, 0.717) is 24.9 Å². The zero-order valence-corrected chi connectivity index (χ0v) is 17.9. The van der Waals surface area contributed by atoms with Gasteiger partial charge in [-0.05, 0) is 17.7 Å². The summed E-state index contributed by atoms with van der Waals surface area (Å²) in [5, 5.41) is 3.65. The van der Waals surface area contributed by atoms with Gasteiger partial charge in [0.15, 0.2) is 16.6 Å². The molecule has 0 atom stereocenters. The topological polar surface area (TPSA) is 72.9 Å². The van der Waals surface area contributed by atoms with Crippen LogP contribution in [0.1, 0.15) is 36.9 Å². The Morgan fingerprint density at radius 2 is 1.97 bits per heavy atom. The number of fused-ring (bicyclic) bond motifs is 1. The number of hydrogen-bond acceptors (Lipinski definition) is 7. The van der Waals surface area contributed by atoms with Gasteiger partial charge in [-0.3, -0.25) is 9.69 Å². The first-order chi connectivity index (χ1) is 13.9. The third-order valence-corrected chi connectivity index (χ3v) is 5.90. The van der Waals surface area contributed by atoms with Crippen molar-refractivity contribution >= 4 is 22.4 Å². The Hall–Kier alpha value is -2.16. The summed E-state index contributed by atoms with van der Waals surface area (Å²) in [7, 11) is 0. The van der Waals surface area contributed by atoms with Crippen LogP contribution in [0, 0.1) is 0 Å². The third kappa shape index (κ3) is 4.88. The highest BCUT2D eigenvalue weighted by Crippen LogP contribution is 2.37. The number of hydrogen-bond donors (Lipinski definition) is 1. The van der Waals surface area contributed by atoms with E-state index in [1.54, 1.807) is 11.3 Å². The van der Waals surface area contributed by atoms with Crippen LogP contribution in [-0.2, 0) is 21.4 Å². The number of thiazole rings is 1. The lowest BCUT2D eigenvalue weighted by atomic mass is 9.90. The van der Waals surface area contributed by atoms with E-state index >= 15 is 0 Å². The average Bonchev–Trinajstić information content (AvgIpc) is 3.28. The van der Waals surface area contributed by atoms with Crippen LogP contribution < -0.4 is 14.8 Å². The molecule has 7 nitrogen and oxygen atoms in total. The number of nitrogens with one attached hydrogen (secondary N) is 1. The molecule has 1 aromatic heterocycles. The smallest absolute Gasteiger partial charge is 0.240 e. The van der Waals surface area contributed by atoms with Crippen molar-refractivity contribution in [1.82, 2.24) is 9.88 Å². The van der Waals surface area contributed by atoms with Crippen LogP contribution in [0.2, 0.25) is 0 Å². The summed E-state index contributed by atoms with van der Waals surface area (Å²) in [6.07, 6.45) is 0.736. The molecule has 1 fully saturated rings. The van der Waals surface area contributed by atoms with Gasteiger partial charge in [-0.2, -0.15) is 0 Å². The second-order valence-electron chi connectivity index (χ2n) is 8.34. The Kier molecular flexibility index (Phi) is 5.76. The second kappa shape index (κ2) is 8.30. The molecule has 2 aliphatic rings. The standard InChI is InChI=1S/C21H27N3O4S/c1-21(2,3)19-17(11-14-4-5-15-16(10-14)28-13-27-15)29-20(23-19)22-18(25)12-24-6-8-26-9-7-24/h4-5,10H,6-9,11-13H2,1-3H3,(H,22,23,25). The number of morpholine rings is 1. The van der Waals surface area contributed by atoms with Crippen molar-refractivity contribution in [2.75, 3.05) is 45.0 Å². The predicted molar refractivity (Wildman–Crippen MR) is 112 cm³/mol. The molecule has 0 radical (unpaired) electrons. The molecule has 8 heteroatoms. The van der Waals surface area contributed by atoms with Crippen molar-refractivity contribution < 1.29 is 19.0 Å². The molecule has 1 N–H and O–H groups in total. The van der Waals surface area contributed by atoms with Crippen LogP contribution in [0.4, 0.5) is 5.13 Å². The lowest BCUT2D eigenvalue weighted by Crippen LogP contribution is -2.41. The lowest BCUT2D eigenvalue weighted by Gasteiger charge is -2.25. The van der Waals surface area contributed by atoms with Crippen molar-refractivity contribution in [1.29, 1.82) is 0 Å². The third-order valence-electron chi connectivity index (χ3n) is 4.93. The fraction of sp³-hybridized carbons (Fsp3) is 0.524. The normalized spacial score (nSPS) is 16.8. The first kappa shape index (κ1) is 20.1. The van der Waals surface area contributed by atoms with Gasteiger partial charge < -0.3 is 19.5 Å². The molecule has 1 aromatic carbocycles. The minimum Gasteiger partial charge on any atom is -0.454 e. The first-order valence-corrected chi connectivity index (χ1v) is 10.7. The van der Waals surface area contributed by atoms with Crippen molar-refractivity contribution in [2.45, 2.75) is 32.6 Å². The molecule has 1 amide bonds. The van der Waals surface area contributed by atoms with Gasteiger partial charge in [0.2, 0.25) is 12.7 Å². The molecular weight excluding hydrogens is 390 g/mol. The van der Waals surface area contributed by atoms with Gasteiger partial charge in [-0.15, -0.1) is 11.3 Å². The van der Waals surface area contributed by atoms with Crippen LogP contribution >= 0.6 is 11.3 Å². The van der Waals surface area contributed by atoms with Crippen LogP contribution in [-0.4, -0.2) is 55.4 Å². The highest BCUT2D eigenvalue weighted by Gasteiger charge is 2.25. The quantitative estimate of drug-likeness (QED) is 0.806. The number of benzene rings is 1. The largest absolute Gasteiger partial charge is 0.454 e. The van der Waals surface area contributed by atoms with Gasteiger partial charge in [-0.1, -0.05) is 26.8 Å². The summed E-state index contributed by atoms with van der Waals surface area (Å²) in [6.45, 7) is 10.00. The van der Waals surface area contributed by atoms with Crippen molar-refractivity contribution in [3.63, 3.8) is 0 Å². The van der Waals surface area contributed by atoms with Crippen molar-refractivity contribution in [3.8, 4) is 11.5 Å². The number of nitrogens with zero attached hydrogens (tertiary/aromatic N) is 2. The molecule has 2 aliphatic heterocycles. The fourth-order valence-corrected chi connectivity index (χ4v) is 4.69. The summed E-state index contributed by atoms with van der Waals surface area (Å²) in [5.41, 5.74) is 2.03. The van der Waals surface area contributed by atoms with Gasteiger partial charge >= 0.3 is 0 Å². The van der Waals surface area contributed by atoms with E-state index in [1.807, 2.05) is 12.1 Å². The molecule has 4 rings (SSSR count). The lowest BCUT2D eigenvalue weighted by molar-refractivity contribution is -0.118. The summed E-state index contributed by atoms with van der Waals surface area (Å²) in [5.74, 6) is 1.53. The van der Waals surface area contributed by atoms with Gasteiger partial charge in [0, 0.05) is 29.8 Å². The summed E-state index contributed by atoms with van der Waals surface area (Å²) >= 11 is 1.55. The zero-order chi connectivity index (χ0) is 20.4. The molecule has 0 aliphatic carbocycles. The SMILES string of the molecule is CC(C)(C)c1nc(NC(=O)CN2CCOCC2)sc1Cc1ccc2c(c1)OCO2. The Morgan fingerprint density at radius 3 is 2.72 bits per heavy atom. The fourth-order valence-electron chi connectivity index (χ4n) is 3.47. The Morgan fingerprint density at radius 1 is 1.21 bits per heavy atom. The van der Waals surface area contributed by atoms with Crippen LogP contribution in [0.3, 0.4) is 0 Å². The first-order valence-electron chi connectivity index (χ1n) is 9.87. The van der Waals surface area contributed by atoms with Crippen LogP contribution in [0.5, 0.6) is 11.5 Å². The monoisotopic (exact) mass is 417 g/mol. The molecule has 3 heterocycles. The number of rotatable bonds is 5. The maximum atomic E-state index is 12.5. The van der Waals surface area contributed by atoms with E-state index in [9.17, 15) is 4.79 Å². The van der Waals surface area contributed by atoms with E-state index in [-0.39, 0.29) is 18.1 Å². The molecule has 1 saturated heterocycles. The molecule has 0 spiro atoms. The Bertz CT molecular complexity index is 885. The molecule has 0 saturated carbocycles. The molecule has 29 heavy (non-hydrogen) atoms. The maximum absolute atomic E-state index is 12.5. The second-order valence-corrected chi connectivity index (χ2v) is 9.43. The van der Waals surface area contributed by atoms with Gasteiger partial charge in [0.25, 0.3) is 0 Å². The van der Waals surface area contributed by atoms with Gasteiger partial charge in [0.05, 0.1) is 25.5 Å². The summed E-state index contributed by atoms with van der Waals surface area (Å²) in [4.78, 5) is 20.5. The van der Waals surface area contributed by atoms with Crippen LogP contribution in [0.25, 0.3) is 0 Å². The van der Waals surface area contributed by atoms with Crippen molar-refractivity contribution in [3.05, 3.63) is 34.3 Å². The van der Waals surface area contributed by atoms with E-state index in [2.05, 4.69) is 37.1 Å². The van der Waals surface area contributed by atoms with Crippen LogP contribution in [0.15, 0.2) is 18.2 Å². The number of anilines is 1.